The number of halogens is 1. The van der Waals surface area contributed by atoms with Gasteiger partial charge in [-0.1, -0.05) is 22.0 Å². The summed E-state index contributed by atoms with van der Waals surface area (Å²) in [6.45, 7) is 2.07. The predicted octanol–water partition coefficient (Wildman–Crippen LogP) is 3.74. The Balaban J connectivity index is 2.17. The molecule has 0 saturated heterocycles. The van der Waals surface area contributed by atoms with Crippen molar-refractivity contribution in [2.24, 2.45) is 0 Å². The van der Waals surface area contributed by atoms with Crippen molar-refractivity contribution in [2.75, 3.05) is 12.4 Å². The smallest absolute Gasteiger partial charge is 0.180 e. The second-order valence-corrected chi connectivity index (χ2v) is 5.28. The van der Waals surface area contributed by atoms with Gasteiger partial charge < -0.3 is 10.3 Å². The molecule has 0 amide bonds. The van der Waals surface area contributed by atoms with Gasteiger partial charge in [0.2, 0.25) is 0 Å². The maximum Gasteiger partial charge on any atom is 0.180 e. The van der Waals surface area contributed by atoms with Crippen LogP contribution < -0.4 is 5.32 Å². The molecule has 0 fully saturated rings. The summed E-state index contributed by atoms with van der Waals surface area (Å²) < 4.78 is 1.04. The number of H-pyrrole nitrogens is 1. The summed E-state index contributed by atoms with van der Waals surface area (Å²) in [6.07, 6.45) is 0. The Morgan fingerprint density at radius 1 is 1.16 bits per heavy atom. The van der Waals surface area contributed by atoms with E-state index in [0.717, 1.165) is 32.8 Å². The molecule has 3 aromatic rings. The van der Waals surface area contributed by atoms with Crippen molar-refractivity contribution in [3.8, 4) is 11.4 Å². The molecule has 0 aliphatic carbocycles. The van der Waals surface area contributed by atoms with Gasteiger partial charge in [-0.2, -0.15) is 0 Å². The summed E-state index contributed by atoms with van der Waals surface area (Å²) in [5.41, 5.74) is 3.92. The number of pyridine rings is 1. The zero-order chi connectivity index (χ0) is 13.4. The topological polar surface area (TPSA) is 53.6 Å². The molecule has 0 atom stereocenters. The number of aryl methyl sites for hydroxylation is 1. The van der Waals surface area contributed by atoms with E-state index in [1.807, 2.05) is 25.2 Å². The van der Waals surface area contributed by atoms with Crippen LogP contribution in [0.5, 0.6) is 0 Å². The van der Waals surface area contributed by atoms with E-state index in [0.29, 0.717) is 0 Å². The largest absolute Gasteiger partial charge is 0.373 e. The third-order valence-corrected chi connectivity index (χ3v) is 3.55. The standard InChI is InChI=1S/C14H13BrN4/c1-8-3-4-9(15)7-10(8)13-17-11-5-6-12(16-2)18-14(11)19-13/h3-7H,1-2H3,(H2,16,17,18,19). The van der Waals surface area contributed by atoms with Gasteiger partial charge in [0.25, 0.3) is 0 Å². The summed E-state index contributed by atoms with van der Waals surface area (Å²) in [7, 11) is 1.85. The quantitative estimate of drug-likeness (QED) is 0.757. The average molecular weight is 317 g/mol. The third-order valence-electron chi connectivity index (χ3n) is 3.06. The first-order chi connectivity index (χ1) is 9.17. The molecule has 2 aromatic heterocycles. The highest BCUT2D eigenvalue weighted by molar-refractivity contribution is 9.10. The molecule has 2 heterocycles. The summed E-state index contributed by atoms with van der Waals surface area (Å²) in [6, 6.07) is 10.1. The van der Waals surface area contributed by atoms with Crippen molar-refractivity contribution in [3.05, 3.63) is 40.4 Å². The van der Waals surface area contributed by atoms with Crippen LogP contribution >= 0.6 is 15.9 Å². The maximum absolute atomic E-state index is 4.57. The van der Waals surface area contributed by atoms with Gasteiger partial charge in [-0.3, -0.25) is 0 Å². The minimum absolute atomic E-state index is 0.723. The Morgan fingerprint density at radius 3 is 2.79 bits per heavy atom. The van der Waals surface area contributed by atoms with Crippen molar-refractivity contribution >= 4 is 32.9 Å². The van der Waals surface area contributed by atoms with Crippen molar-refractivity contribution in [2.45, 2.75) is 6.92 Å². The molecule has 3 rings (SSSR count). The lowest BCUT2D eigenvalue weighted by molar-refractivity contribution is 1.27. The number of fused-ring (bicyclic) bond motifs is 1. The van der Waals surface area contributed by atoms with Crippen molar-refractivity contribution in [1.29, 1.82) is 0 Å². The van der Waals surface area contributed by atoms with Crippen molar-refractivity contribution < 1.29 is 0 Å². The van der Waals surface area contributed by atoms with Crippen LogP contribution in [0.3, 0.4) is 0 Å². The number of rotatable bonds is 2. The molecule has 1 aromatic carbocycles. The monoisotopic (exact) mass is 316 g/mol. The maximum atomic E-state index is 4.57. The minimum atomic E-state index is 0.723. The molecule has 0 aliphatic heterocycles. The van der Waals surface area contributed by atoms with Crippen LogP contribution in [-0.4, -0.2) is 22.0 Å². The molecule has 0 aliphatic rings. The van der Waals surface area contributed by atoms with Gasteiger partial charge in [-0.15, -0.1) is 0 Å². The lowest BCUT2D eigenvalue weighted by Crippen LogP contribution is -1.91. The number of hydrogen-bond acceptors (Lipinski definition) is 3. The van der Waals surface area contributed by atoms with Gasteiger partial charge in [0.05, 0.1) is 5.52 Å². The molecule has 0 radical (unpaired) electrons. The zero-order valence-corrected chi connectivity index (χ0v) is 12.2. The van der Waals surface area contributed by atoms with Gasteiger partial charge in [0.15, 0.2) is 5.65 Å². The fourth-order valence-corrected chi connectivity index (χ4v) is 2.37. The molecule has 0 spiro atoms. The van der Waals surface area contributed by atoms with Crippen LogP contribution in [0.4, 0.5) is 5.82 Å². The van der Waals surface area contributed by atoms with Gasteiger partial charge >= 0.3 is 0 Å². The molecule has 19 heavy (non-hydrogen) atoms. The van der Waals surface area contributed by atoms with E-state index in [1.165, 1.54) is 5.56 Å². The van der Waals surface area contributed by atoms with Gasteiger partial charge in [-0.05, 0) is 36.8 Å². The lowest BCUT2D eigenvalue weighted by Gasteiger charge is -2.02. The Kier molecular flexibility index (Phi) is 2.98. The lowest BCUT2D eigenvalue weighted by atomic mass is 10.1. The molecule has 0 unspecified atom stereocenters. The van der Waals surface area contributed by atoms with E-state index in [2.05, 4.69) is 55.3 Å². The number of aromatic amines is 1. The predicted molar refractivity (Wildman–Crippen MR) is 81.3 cm³/mol. The van der Waals surface area contributed by atoms with Crippen LogP contribution in [0.2, 0.25) is 0 Å². The fourth-order valence-electron chi connectivity index (χ4n) is 2.01. The van der Waals surface area contributed by atoms with E-state index in [-0.39, 0.29) is 0 Å². The molecule has 96 valence electrons. The summed E-state index contributed by atoms with van der Waals surface area (Å²) in [4.78, 5) is 12.3. The van der Waals surface area contributed by atoms with E-state index in [9.17, 15) is 0 Å². The number of nitrogens with zero attached hydrogens (tertiary/aromatic N) is 2. The van der Waals surface area contributed by atoms with Gasteiger partial charge in [-0.25, -0.2) is 9.97 Å². The summed E-state index contributed by atoms with van der Waals surface area (Å²) >= 11 is 3.49. The Hall–Kier alpha value is -1.88. The molecule has 5 heteroatoms. The van der Waals surface area contributed by atoms with Gasteiger partial charge in [0, 0.05) is 17.1 Å². The van der Waals surface area contributed by atoms with E-state index in [4.69, 9.17) is 0 Å². The minimum Gasteiger partial charge on any atom is -0.373 e. The first-order valence-electron chi connectivity index (χ1n) is 5.98. The SMILES string of the molecule is CNc1ccc2[nH]c(-c3cc(Br)ccc3C)nc2n1. The molecule has 0 bridgehead atoms. The fraction of sp³-hybridized carbons (Fsp3) is 0.143. The van der Waals surface area contributed by atoms with Crippen molar-refractivity contribution in [3.63, 3.8) is 0 Å². The number of aromatic nitrogens is 3. The highest BCUT2D eigenvalue weighted by atomic mass is 79.9. The Bertz CT molecular complexity index is 748. The van der Waals surface area contributed by atoms with Crippen LogP contribution in [0.15, 0.2) is 34.8 Å². The Morgan fingerprint density at radius 2 is 2.00 bits per heavy atom. The van der Waals surface area contributed by atoms with Crippen LogP contribution in [0, 0.1) is 6.92 Å². The van der Waals surface area contributed by atoms with Crippen LogP contribution in [-0.2, 0) is 0 Å². The van der Waals surface area contributed by atoms with Crippen LogP contribution in [0.25, 0.3) is 22.6 Å². The van der Waals surface area contributed by atoms with E-state index in [1.54, 1.807) is 0 Å². The molecule has 2 N–H and O–H groups in total. The second kappa shape index (κ2) is 4.66. The highest BCUT2D eigenvalue weighted by Gasteiger charge is 2.09. The molecular formula is C14H13BrN4. The first kappa shape index (κ1) is 12.2. The third kappa shape index (κ3) is 2.21. The second-order valence-electron chi connectivity index (χ2n) is 4.36. The molecule has 0 saturated carbocycles. The number of imidazole rings is 1. The van der Waals surface area contributed by atoms with Crippen molar-refractivity contribution in [1.82, 2.24) is 15.0 Å². The normalized spacial score (nSPS) is 10.9. The van der Waals surface area contributed by atoms with E-state index < -0.39 is 0 Å². The van der Waals surface area contributed by atoms with E-state index >= 15 is 0 Å². The average Bonchev–Trinajstić information content (AvgIpc) is 2.83. The number of nitrogens with one attached hydrogen (secondary N) is 2. The summed E-state index contributed by atoms with van der Waals surface area (Å²) in [5.74, 6) is 1.66. The van der Waals surface area contributed by atoms with Crippen LogP contribution in [0.1, 0.15) is 5.56 Å². The van der Waals surface area contributed by atoms with Gasteiger partial charge in [0.1, 0.15) is 11.6 Å². The number of hydrogen-bond donors (Lipinski definition) is 2. The number of anilines is 1. The molecular weight excluding hydrogens is 304 g/mol. The number of benzene rings is 1. The molecule has 4 nitrogen and oxygen atoms in total. The summed E-state index contributed by atoms with van der Waals surface area (Å²) in [5, 5.41) is 3.02. The zero-order valence-electron chi connectivity index (χ0n) is 10.7. The first-order valence-corrected chi connectivity index (χ1v) is 6.78. The highest BCUT2D eigenvalue weighted by Crippen LogP contribution is 2.26. The Labute approximate surface area is 119 Å².